The minimum atomic E-state index is -0.779. The van der Waals surface area contributed by atoms with Crippen molar-refractivity contribution in [2.24, 2.45) is 0 Å². The monoisotopic (exact) mass is 303 g/mol. The summed E-state index contributed by atoms with van der Waals surface area (Å²) >= 11 is 0. The smallest absolute Gasteiger partial charge is 0.320 e. The standard InChI is InChI=1S/C17H18FNO3/c1-11-9-12(18)4-6-14(11)16-7-5-13(22-16)10-19-8-2-3-15(19)17(20)21/h4-7,9,15H,2-3,8,10H2,1H3,(H,20,21)/t15-/m0/s1. The zero-order valence-corrected chi connectivity index (χ0v) is 12.4. The van der Waals surface area contributed by atoms with Gasteiger partial charge in [-0.15, -0.1) is 0 Å². The fourth-order valence-electron chi connectivity index (χ4n) is 3.01. The van der Waals surface area contributed by atoms with Crippen LogP contribution in [-0.2, 0) is 11.3 Å². The summed E-state index contributed by atoms with van der Waals surface area (Å²) in [4.78, 5) is 13.1. The second kappa shape index (κ2) is 5.93. The van der Waals surface area contributed by atoms with E-state index in [4.69, 9.17) is 4.42 Å². The number of hydrogen-bond donors (Lipinski definition) is 1. The van der Waals surface area contributed by atoms with Gasteiger partial charge in [0.15, 0.2) is 0 Å². The number of carboxylic acids is 1. The van der Waals surface area contributed by atoms with Crippen LogP contribution in [-0.4, -0.2) is 28.6 Å². The first-order valence-corrected chi connectivity index (χ1v) is 7.36. The van der Waals surface area contributed by atoms with Gasteiger partial charge in [0.05, 0.1) is 6.54 Å². The molecule has 1 aromatic heterocycles. The van der Waals surface area contributed by atoms with Gasteiger partial charge in [-0.05, 0) is 62.2 Å². The molecule has 3 rings (SSSR count). The van der Waals surface area contributed by atoms with Gasteiger partial charge in [0.2, 0.25) is 0 Å². The Balaban J connectivity index is 1.78. The number of furan rings is 1. The van der Waals surface area contributed by atoms with E-state index < -0.39 is 12.0 Å². The van der Waals surface area contributed by atoms with Crippen LogP contribution in [0.4, 0.5) is 4.39 Å². The van der Waals surface area contributed by atoms with Gasteiger partial charge in [-0.1, -0.05) is 0 Å². The Morgan fingerprint density at radius 1 is 1.41 bits per heavy atom. The highest BCUT2D eigenvalue weighted by atomic mass is 19.1. The topological polar surface area (TPSA) is 53.7 Å². The van der Waals surface area contributed by atoms with Crippen molar-refractivity contribution in [1.29, 1.82) is 0 Å². The zero-order valence-electron chi connectivity index (χ0n) is 12.4. The maximum absolute atomic E-state index is 13.2. The molecule has 0 saturated carbocycles. The van der Waals surface area contributed by atoms with Crippen LogP contribution in [0.3, 0.4) is 0 Å². The van der Waals surface area contributed by atoms with Gasteiger partial charge in [0.1, 0.15) is 23.4 Å². The van der Waals surface area contributed by atoms with Crippen LogP contribution in [0, 0.1) is 12.7 Å². The molecule has 0 spiro atoms. The first-order valence-electron chi connectivity index (χ1n) is 7.36. The van der Waals surface area contributed by atoms with Crippen molar-refractivity contribution in [3.63, 3.8) is 0 Å². The van der Waals surface area contributed by atoms with E-state index >= 15 is 0 Å². The highest BCUT2D eigenvalue weighted by Gasteiger charge is 2.30. The van der Waals surface area contributed by atoms with Crippen LogP contribution in [0.25, 0.3) is 11.3 Å². The molecule has 116 valence electrons. The molecule has 1 N–H and O–H groups in total. The number of rotatable bonds is 4. The zero-order chi connectivity index (χ0) is 15.7. The predicted octanol–water partition coefficient (Wildman–Crippen LogP) is 3.44. The fourth-order valence-corrected chi connectivity index (χ4v) is 3.01. The van der Waals surface area contributed by atoms with Crippen molar-refractivity contribution in [2.45, 2.75) is 32.4 Å². The molecule has 1 atom stereocenters. The van der Waals surface area contributed by atoms with Crippen molar-refractivity contribution >= 4 is 5.97 Å². The maximum Gasteiger partial charge on any atom is 0.320 e. The number of halogens is 1. The minimum Gasteiger partial charge on any atom is -0.480 e. The Labute approximate surface area is 128 Å². The third-order valence-electron chi connectivity index (χ3n) is 4.12. The Morgan fingerprint density at radius 3 is 2.95 bits per heavy atom. The van der Waals surface area contributed by atoms with Gasteiger partial charge >= 0.3 is 5.97 Å². The Kier molecular flexibility index (Phi) is 3.98. The van der Waals surface area contributed by atoms with Gasteiger partial charge in [0.25, 0.3) is 0 Å². The minimum absolute atomic E-state index is 0.269. The van der Waals surface area contributed by atoms with Crippen molar-refractivity contribution in [1.82, 2.24) is 4.90 Å². The summed E-state index contributed by atoms with van der Waals surface area (Å²) in [5.41, 5.74) is 1.66. The SMILES string of the molecule is Cc1cc(F)ccc1-c1ccc(CN2CCC[C@H]2C(=O)O)o1. The average Bonchev–Trinajstić information content (AvgIpc) is 3.08. The van der Waals surface area contributed by atoms with Crippen molar-refractivity contribution in [3.05, 3.63) is 47.5 Å². The Hall–Kier alpha value is -2.14. The van der Waals surface area contributed by atoms with E-state index in [2.05, 4.69) is 0 Å². The number of nitrogens with zero attached hydrogens (tertiary/aromatic N) is 1. The van der Waals surface area contributed by atoms with Crippen LogP contribution >= 0.6 is 0 Å². The summed E-state index contributed by atoms with van der Waals surface area (Å²) in [7, 11) is 0. The number of hydrogen-bond acceptors (Lipinski definition) is 3. The average molecular weight is 303 g/mol. The van der Waals surface area contributed by atoms with Crippen LogP contribution < -0.4 is 0 Å². The van der Waals surface area contributed by atoms with E-state index in [1.54, 1.807) is 6.07 Å². The number of aliphatic carboxylic acids is 1. The van der Waals surface area contributed by atoms with E-state index in [0.717, 1.165) is 29.9 Å². The lowest BCUT2D eigenvalue weighted by molar-refractivity contribution is -0.142. The normalized spacial score (nSPS) is 18.7. The van der Waals surface area contributed by atoms with Crippen molar-refractivity contribution in [3.8, 4) is 11.3 Å². The van der Waals surface area contributed by atoms with Crippen molar-refractivity contribution in [2.75, 3.05) is 6.54 Å². The molecule has 1 aliphatic heterocycles. The lowest BCUT2D eigenvalue weighted by atomic mass is 10.1. The molecule has 1 fully saturated rings. The molecule has 22 heavy (non-hydrogen) atoms. The molecule has 4 nitrogen and oxygen atoms in total. The predicted molar refractivity (Wildman–Crippen MR) is 79.9 cm³/mol. The largest absolute Gasteiger partial charge is 0.480 e. The van der Waals surface area contributed by atoms with Crippen LogP contribution in [0.2, 0.25) is 0 Å². The molecular weight excluding hydrogens is 285 g/mol. The van der Waals surface area contributed by atoms with Gasteiger partial charge < -0.3 is 9.52 Å². The summed E-state index contributed by atoms with van der Waals surface area (Å²) in [5.74, 6) is 0.360. The molecule has 1 saturated heterocycles. The highest BCUT2D eigenvalue weighted by molar-refractivity contribution is 5.73. The lowest BCUT2D eigenvalue weighted by Crippen LogP contribution is -2.35. The second-order valence-corrected chi connectivity index (χ2v) is 5.69. The molecule has 1 aromatic carbocycles. The van der Waals surface area contributed by atoms with Gasteiger partial charge in [0, 0.05) is 5.56 Å². The summed E-state index contributed by atoms with van der Waals surface area (Å²) in [6.45, 7) is 3.08. The Morgan fingerprint density at radius 2 is 2.23 bits per heavy atom. The van der Waals surface area contributed by atoms with Crippen LogP contribution in [0.15, 0.2) is 34.7 Å². The number of benzene rings is 1. The first-order chi connectivity index (χ1) is 10.5. The summed E-state index contributed by atoms with van der Waals surface area (Å²) < 4.78 is 19.0. The molecule has 0 radical (unpaired) electrons. The third-order valence-corrected chi connectivity index (χ3v) is 4.12. The third kappa shape index (κ3) is 2.90. The van der Waals surface area contributed by atoms with Gasteiger partial charge in [-0.2, -0.15) is 0 Å². The molecule has 0 unspecified atom stereocenters. The molecule has 0 aliphatic carbocycles. The van der Waals surface area contributed by atoms with Crippen molar-refractivity contribution < 1.29 is 18.7 Å². The summed E-state index contributed by atoms with van der Waals surface area (Å²) in [6.07, 6.45) is 1.57. The van der Waals surface area contributed by atoms with Gasteiger partial charge in [-0.25, -0.2) is 4.39 Å². The number of likely N-dealkylation sites (tertiary alicyclic amines) is 1. The quantitative estimate of drug-likeness (QED) is 0.940. The fraction of sp³-hybridized carbons (Fsp3) is 0.353. The van der Waals surface area contributed by atoms with Crippen LogP contribution in [0.5, 0.6) is 0 Å². The molecule has 5 heteroatoms. The van der Waals surface area contributed by atoms with Gasteiger partial charge in [-0.3, -0.25) is 9.69 Å². The van der Waals surface area contributed by atoms with E-state index in [1.165, 1.54) is 12.1 Å². The lowest BCUT2D eigenvalue weighted by Gasteiger charge is -2.19. The van der Waals surface area contributed by atoms with Crippen LogP contribution in [0.1, 0.15) is 24.2 Å². The maximum atomic E-state index is 13.2. The first kappa shape index (κ1) is 14.8. The van der Waals surface area contributed by atoms with E-state index in [-0.39, 0.29) is 5.82 Å². The highest BCUT2D eigenvalue weighted by Crippen LogP contribution is 2.28. The number of aryl methyl sites for hydroxylation is 1. The summed E-state index contributed by atoms with van der Waals surface area (Å²) in [6, 6.07) is 7.85. The van der Waals surface area contributed by atoms with E-state index in [9.17, 15) is 14.3 Å². The molecule has 0 bridgehead atoms. The second-order valence-electron chi connectivity index (χ2n) is 5.69. The molecule has 2 heterocycles. The number of carboxylic acid groups (broad SMARTS) is 1. The summed E-state index contributed by atoms with van der Waals surface area (Å²) in [5, 5.41) is 9.20. The molecule has 2 aromatic rings. The molecular formula is C17H18FNO3. The molecule has 0 amide bonds. The number of carbonyl (C=O) groups is 1. The molecule has 1 aliphatic rings. The van der Waals surface area contributed by atoms with E-state index in [1.807, 2.05) is 24.0 Å². The van der Waals surface area contributed by atoms with E-state index in [0.29, 0.717) is 18.7 Å². The Bertz CT molecular complexity index is 695.